The third kappa shape index (κ3) is 5.59. The molecule has 1 aromatic rings. The number of ether oxygens (including phenoxy) is 1. The van der Waals surface area contributed by atoms with E-state index in [1.54, 1.807) is 9.80 Å². The third-order valence-electron chi connectivity index (χ3n) is 5.08. The summed E-state index contributed by atoms with van der Waals surface area (Å²) in [6, 6.07) is 10.9. The molecular weight excluding hydrogens is 284 g/mol. The molecule has 0 amide bonds. The summed E-state index contributed by atoms with van der Waals surface area (Å²) in [6.07, 6.45) is 2.36. The summed E-state index contributed by atoms with van der Waals surface area (Å²) in [6.45, 7) is 12.5. The van der Waals surface area contributed by atoms with Gasteiger partial charge in [0, 0.05) is 12.2 Å². The molecule has 2 rings (SSSR count). The zero-order chi connectivity index (χ0) is 16.9. The van der Waals surface area contributed by atoms with E-state index in [1.165, 1.54) is 38.0 Å². The minimum absolute atomic E-state index is 0.0132. The van der Waals surface area contributed by atoms with Crippen molar-refractivity contribution in [2.24, 2.45) is 5.41 Å². The van der Waals surface area contributed by atoms with Crippen molar-refractivity contribution in [3.8, 4) is 0 Å². The van der Waals surface area contributed by atoms with Gasteiger partial charge < -0.3 is 14.5 Å². The van der Waals surface area contributed by atoms with Gasteiger partial charge in [0.25, 0.3) is 0 Å². The van der Waals surface area contributed by atoms with Gasteiger partial charge in [0.05, 0.1) is 44.7 Å². The highest BCUT2D eigenvalue weighted by Gasteiger charge is 2.45. The van der Waals surface area contributed by atoms with Crippen LogP contribution in [0.3, 0.4) is 0 Å². The maximum absolute atomic E-state index is 6.02. The number of hydrogen-bond acceptors (Lipinski definition) is 1. The van der Waals surface area contributed by atoms with Gasteiger partial charge in [-0.15, -0.1) is 0 Å². The second kappa shape index (κ2) is 7.78. The Bertz CT molecular complexity index is 472. The Labute approximate surface area is 142 Å². The average Bonchev–Trinajstić information content (AvgIpc) is 2.45. The molecule has 0 aromatic heterocycles. The first-order valence-electron chi connectivity index (χ1n) is 9.15. The molecular formula is C20H36N2O+2. The SMILES string of the molecule is CC[NH+](Cc1ccccc1)C[C@]1(C[NH+](C)C)CCOC(C)(C)C1. The van der Waals surface area contributed by atoms with Crippen LogP contribution in [0.25, 0.3) is 0 Å². The lowest BCUT2D eigenvalue weighted by molar-refractivity contribution is -0.929. The first kappa shape index (κ1) is 18.4. The van der Waals surface area contributed by atoms with Crippen molar-refractivity contribution >= 4 is 0 Å². The second-order valence-electron chi connectivity index (χ2n) is 8.36. The minimum Gasteiger partial charge on any atom is -0.376 e. The van der Waals surface area contributed by atoms with Gasteiger partial charge in [-0.3, -0.25) is 0 Å². The fourth-order valence-electron chi connectivity index (χ4n) is 4.43. The van der Waals surface area contributed by atoms with Crippen molar-refractivity contribution in [3.63, 3.8) is 0 Å². The van der Waals surface area contributed by atoms with E-state index in [9.17, 15) is 0 Å². The summed E-state index contributed by atoms with van der Waals surface area (Å²) in [7, 11) is 4.57. The number of nitrogens with one attached hydrogen (secondary N) is 2. The van der Waals surface area contributed by atoms with Crippen molar-refractivity contribution in [1.82, 2.24) is 0 Å². The highest BCUT2D eigenvalue weighted by molar-refractivity contribution is 5.13. The molecule has 2 N–H and O–H groups in total. The van der Waals surface area contributed by atoms with E-state index in [1.807, 2.05) is 0 Å². The molecule has 1 aliphatic heterocycles. The van der Waals surface area contributed by atoms with Crippen molar-refractivity contribution < 1.29 is 14.5 Å². The van der Waals surface area contributed by atoms with Gasteiger partial charge in [-0.2, -0.15) is 0 Å². The quantitative estimate of drug-likeness (QED) is 0.761. The highest BCUT2D eigenvalue weighted by atomic mass is 16.5. The Kier molecular flexibility index (Phi) is 6.24. The third-order valence-corrected chi connectivity index (χ3v) is 5.08. The number of benzene rings is 1. The zero-order valence-electron chi connectivity index (χ0n) is 15.7. The molecule has 130 valence electrons. The summed E-state index contributed by atoms with van der Waals surface area (Å²) in [5.41, 5.74) is 1.85. The number of rotatable bonds is 7. The van der Waals surface area contributed by atoms with Crippen LogP contribution in [0.5, 0.6) is 0 Å². The summed E-state index contributed by atoms with van der Waals surface area (Å²) >= 11 is 0. The van der Waals surface area contributed by atoms with Crippen molar-refractivity contribution in [2.75, 3.05) is 40.3 Å². The van der Waals surface area contributed by atoms with E-state index in [0.29, 0.717) is 5.41 Å². The van der Waals surface area contributed by atoms with Gasteiger partial charge in [0.1, 0.15) is 6.54 Å². The van der Waals surface area contributed by atoms with Crippen molar-refractivity contribution in [3.05, 3.63) is 35.9 Å². The van der Waals surface area contributed by atoms with Crippen LogP contribution in [0, 0.1) is 5.41 Å². The van der Waals surface area contributed by atoms with Crippen LogP contribution >= 0.6 is 0 Å². The van der Waals surface area contributed by atoms with Gasteiger partial charge in [0.15, 0.2) is 0 Å². The Morgan fingerprint density at radius 2 is 1.78 bits per heavy atom. The molecule has 23 heavy (non-hydrogen) atoms. The van der Waals surface area contributed by atoms with Crippen LogP contribution in [0.1, 0.15) is 39.2 Å². The first-order valence-corrected chi connectivity index (χ1v) is 9.15. The topological polar surface area (TPSA) is 18.1 Å². The molecule has 3 nitrogen and oxygen atoms in total. The average molecular weight is 321 g/mol. The van der Waals surface area contributed by atoms with Crippen LogP contribution < -0.4 is 9.80 Å². The Morgan fingerprint density at radius 3 is 2.35 bits per heavy atom. The molecule has 1 aromatic carbocycles. The van der Waals surface area contributed by atoms with E-state index in [0.717, 1.165) is 13.2 Å². The fourth-order valence-corrected chi connectivity index (χ4v) is 4.43. The van der Waals surface area contributed by atoms with E-state index in [4.69, 9.17) is 4.74 Å². The van der Waals surface area contributed by atoms with E-state index in [-0.39, 0.29) is 5.60 Å². The van der Waals surface area contributed by atoms with Gasteiger partial charge in [-0.05, 0) is 33.6 Å². The molecule has 1 heterocycles. The Hall–Kier alpha value is -0.900. The lowest BCUT2D eigenvalue weighted by atomic mass is 9.73. The summed E-state index contributed by atoms with van der Waals surface area (Å²) in [5.74, 6) is 0. The lowest BCUT2D eigenvalue weighted by Gasteiger charge is -2.45. The summed E-state index contributed by atoms with van der Waals surface area (Å²) in [5, 5.41) is 0. The molecule has 0 radical (unpaired) electrons. The predicted molar refractivity (Wildman–Crippen MR) is 95.9 cm³/mol. The molecule has 1 aliphatic rings. The van der Waals surface area contributed by atoms with E-state index >= 15 is 0 Å². The largest absolute Gasteiger partial charge is 0.376 e. The molecule has 1 unspecified atom stereocenters. The summed E-state index contributed by atoms with van der Waals surface area (Å²) in [4.78, 5) is 3.24. The van der Waals surface area contributed by atoms with E-state index in [2.05, 4.69) is 65.2 Å². The van der Waals surface area contributed by atoms with Gasteiger partial charge in [0.2, 0.25) is 0 Å². The number of hydrogen-bond donors (Lipinski definition) is 2. The molecule has 0 spiro atoms. The van der Waals surface area contributed by atoms with Crippen molar-refractivity contribution in [1.29, 1.82) is 0 Å². The van der Waals surface area contributed by atoms with Crippen LogP contribution in [0.4, 0.5) is 0 Å². The molecule has 0 bridgehead atoms. The molecule has 0 aliphatic carbocycles. The molecule has 3 heteroatoms. The van der Waals surface area contributed by atoms with Gasteiger partial charge >= 0.3 is 0 Å². The van der Waals surface area contributed by atoms with Crippen LogP contribution in [-0.2, 0) is 11.3 Å². The Morgan fingerprint density at radius 1 is 1.09 bits per heavy atom. The van der Waals surface area contributed by atoms with Crippen LogP contribution in [0.2, 0.25) is 0 Å². The predicted octanol–water partition coefficient (Wildman–Crippen LogP) is 0.811. The maximum atomic E-state index is 6.02. The summed E-state index contributed by atoms with van der Waals surface area (Å²) < 4.78 is 6.02. The standard InChI is InChI=1S/C20H34N2O/c1-6-22(14-18-10-8-7-9-11-18)17-20(16-21(4)5)12-13-23-19(2,3)15-20/h7-11H,6,12-17H2,1-5H3/p+2/t20-/m1/s1. The zero-order valence-corrected chi connectivity index (χ0v) is 15.7. The highest BCUT2D eigenvalue weighted by Crippen LogP contribution is 2.37. The minimum atomic E-state index is 0.0132. The maximum Gasteiger partial charge on any atom is 0.103 e. The smallest absolute Gasteiger partial charge is 0.103 e. The fraction of sp³-hybridized carbons (Fsp3) is 0.700. The molecule has 0 saturated carbocycles. The normalized spacial score (nSPS) is 25.5. The monoisotopic (exact) mass is 320 g/mol. The molecule has 1 fully saturated rings. The number of quaternary nitrogens is 2. The lowest BCUT2D eigenvalue weighted by Crippen LogP contribution is -3.14. The van der Waals surface area contributed by atoms with Gasteiger partial charge in [-0.1, -0.05) is 30.3 Å². The van der Waals surface area contributed by atoms with Gasteiger partial charge in [-0.25, -0.2) is 0 Å². The first-order chi connectivity index (χ1) is 10.8. The van der Waals surface area contributed by atoms with Crippen molar-refractivity contribution in [2.45, 2.75) is 45.8 Å². The molecule has 2 atom stereocenters. The van der Waals surface area contributed by atoms with E-state index < -0.39 is 0 Å². The van der Waals surface area contributed by atoms with Crippen LogP contribution in [0.15, 0.2) is 30.3 Å². The second-order valence-corrected chi connectivity index (χ2v) is 8.36. The van der Waals surface area contributed by atoms with Crippen LogP contribution in [-0.4, -0.2) is 45.9 Å². The Balaban J connectivity index is 2.11. The molecule has 1 saturated heterocycles.